The second-order valence-electron chi connectivity index (χ2n) is 15.0. The minimum Gasteiger partial charge on any atom is -0.393 e. The summed E-state index contributed by atoms with van der Waals surface area (Å²) in [5.41, 5.74) is 6.07. The van der Waals surface area contributed by atoms with Crippen molar-refractivity contribution >= 4 is 5.91 Å². The molecule has 0 aromatic rings. The highest BCUT2D eigenvalue weighted by Crippen LogP contribution is 2.68. The van der Waals surface area contributed by atoms with Crippen LogP contribution in [-0.4, -0.2) is 67.6 Å². The van der Waals surface area contributed by atoms with Gasteiger partial charge in [-0.1, -0.05) is 20.8 Å². The lowest BCUT2D eigenvalue weighted by atomic mass is 9.43. The quantitative estimate of drug-likeness (QED) is 0.153. The van der Waals surface area contributed by atoms with E-state index >= 15 is 0 Å². The van der Waals surface area contributed by atoms with Crippen LogP contribution in [0.25, 0.3) is 0 Å². The van der Waals surface area contributed by atoms with Crippen LogP contribution in [0.5, 0.6) is 0 Å². The molecular formula is C34H64N4O3. The molecule has 4 saturated carbocycles. The highest BCUT2D eigenvalue weighted by Gasteiger charge is 2.62. The number of unbranched alkanes of at least 4 members (excludes halogenated alkanes) is 1. The minimum atomic E-state index is -0.217. The maximum atomic E-state index is 12.6. The molecule has 1 amide bonds. The standard InChI is InChI=1S/C34H64N4O3/c1-24(8-11-31(41)38-21-7-20-37-18-5-4-17-36-19-6-16-35)27-9-10-28-32-29(13-15-34(27,28)3)33(2)14-12-26(39)22-25(33)23-30(32)40/h24-30,32,36-37,39-40H,4-23,35H2,1-3H3,(H,38,41)/t24-,25+,26-,27-,28?,29?,30-,32?,33+,34-/m1/s1. The van der Waals surface area contributed by atoms with Crippen molar-refractivity contribution in [3.8, 4) is 0 Å². The molecule has 4 fully saturated rings. The molecule has 0 spiro atoms. The Morgan fingerprint density at radius 2 is 1.51 bits per heavy atom. The number of aliphatic hydroxyl groups excluding tert-OH is 2. The Kier molecular flexibility index (Phi) is 12.4. The molecule has 0 heterocycles. The first kappa shape index (κ1) is 33.2. The summed E-state index contributed by atoms with van der Waals surface area (Å²) in [6.07, 6.45) is 14.3. The lowest BCUT2D eigenvalue weighted by molar-refractivity contribution is -0.174. The Morgan fingerprint density at radius 3 is 2.24 bits per heavy atom. The summed E-state index contributed by atoms with van der Waals surface area (Å²) < 4.78 is 0. The molecule has 3 unspecified atom stereocenters. The summed E-state index contributed by atoms with van der Waals surface area (Å²) in [4.78, 5) is 12.6. The smallest absolute Gasteiger partial charge is 0.220 e. The largest absolute Gasteiger partial charge is 0.393 e. The van der Waals surface area contributed by atoms with E-state index in [-0.39, 0.29) is 28.9 Å². The molecule has 0 radical (unpaired) electrons. The molecule has 41 heavy (non-hydrogen) atoms. The van der Waals surface area contributed by atoms with Gasteiger partial charge < -0.3 is 31.9 Å². The predicted octanol–water partition coefficient (Wildman–Crippen LogP) is 4.21. The summed E-state index contributed by atoms with van der Waals surface area (Å²) in [5.74, 6) is 3.46. The van der Waals surface area contributed by atoms with Gasteiger partial charge in [0.1, 0.15) is 0 Å². The van der Waals surface area contributed by atoms with Gasteiger partial charge in [0.05, 0.1) is 12.2 Å². The first-order valence-corrected chi connectivity index (χ1v) is 17.4. The van der Waals surface area contributed by atoms with Gasteiger partial charge >= 0.3 is 0 Å². The number of carbonyl (C=O) groups is 1. The summed E-state index contributed by atoms with van der Waals surface area (Å²) in [6.45, 7) is 13.0. The number of rotatable bonds is 16. The second kappa shape index (κ2) is 15.3. The van der Waals surface area contributed by atoms with E-state index in [4.69, 9.17) is 5.73 Å². The average molecular weight is 577 g/mol. The third-order valence-corrected chi connectivity index (χ3v) is 12.6. The van der Waals surface area contributed by atoms with Crippen LogP contribution in [0.2, 0.25) is 0 Å². The summed E-state index contributed by atoms with van der Waals surface area (Å²) in [6, 6.07) is 0. The third kappa shape index (κ3) is 7.87. The van der Waals surface area contributed by atoms with Crippen molar-refractivity contribution < 1.29 is 15.0 Å². The molecule has 10 atom stereocenters. The Labute approximate surface area is 250 Å². The van der Waals surface area contributed by atoms with E-state index in [9.17, 15) is 15.0 Å². The van der Waals surface area contributed by atoms with Crippen molar-refractivity contribution in [2.45, 2.75) is 123 Å². The normalized spacial score (nSPS) is 39.0. The zero-order valence-electron chi connectivity index (χ0n) is 26.6. The highest BCUT2D eigenvalue weighted by molar-refractivity contribution is 5.75. The van der Waals surface area contributed by atoms with E-state index in [0.29, 0.717) is 41.9 Å². The molecule has 4 aliphatic carbocycles. The molecule has 4 aliphatic rings. The lowest BCUT2D eigenvalue weighted by Gasteiger charge is -2.62. The monoisotopic (exact) mass is 576 g/mol. The fourth-order valence-corrected chi connectivity index (χ4v) is 10.2. The van der Waals surface area contributed by atoms with Crippen LogP contribution >= 0.6 is 0 Å². The van der Waals surface area contributed by atoms with Crippen LogP contribution in [0.4, 0.5) is 0 Å². The van der Waals surface area contributed by atoms with E-state index in [1.165, 1.54) is 38.5 Å². The lowest BCUT2D eigenvalue weighted by Crippen LogP contribution is -2.58. The number of aliphatic hydroxyl groups is 2. The van der Waals surface area contributed by atoms with Gasteiger partial charge in [-0.3, -0.25) is 4.79 Å². The van der Waals surface area contributed by atoms with Crippen molar-refractivity contribution in [3.05, 3.63) is 0 Å². The molecule has 0 aromatic carbocycles. The maximum absolute atomic E-state index is 12.6. The molecule has 7 nitrogen and oxygen atoms in total. The van der Waals surface area contributed by atoms with Gasteiger partial charge in [-0.25, -0.2) is 0 Å². The summed E-state index contributed by atoms with van der Waals surface area (Å²) in [5, 5.41) is 31.9. The van der Waals surface area contributed by atoms with E-state index < -0.39 is 0 Å². The fraction of sp³-hybridized carbons (Fsp3) is 0.971. The molecule has 0 bridgehead atoms. The van der Waals surface area contributed by atoms with Crippen molar-refractivity contribution in [1.29, 1.82) is 0 Å². The molecule has 7 N–H and O–H groups in total. The Hall–Kier alpha value is -0.730. The molecule has 7 heteroatoms. The van der Waals surface area contributed by atoms with Crippen LogP contribution in [-0.2, 0) is 4.79 Å². The summed E-state index contributed by atoms with van der Waals surface area (Å²) >= 11 is 0. The van der Waals surface area contributed by atoms with Gasteiger partial charge in [-0.05, 0) is 163 Å². The van der Waals surface area contributed by atoms with Crippen LogP contribution < -0.4 is 21.7 Å². The first-order chi connectivity index (χ1) is 19.7. The average Bonchev–Trinajstić information content (AvgIpc) is 3.30. The van der Waals surface area contributed by atoms with Crippen LogP contribution in [0.1, 0.15) is 111 Å². The number of hydrogen-bond donors (Lipinski definition) is 6. The number of nitrogens with two attached hydrogens (primary N) is 1. The van der Waals surface area contributed by atoms with Gasteiger partial charge in [-0.15, -0.1) is 0 Å². The zero-order chi connectivity index (χ0) is 29.5. The molecular weight excluding hydrogens is 512 g/mol. The number of hydrogen-bond acceptors (Lipinski definition) is 6. The third-order valence-electron chi connectivity index (χ3n) is 12.6. The van der Waals surface area contributed by atoms with Crippen molar-refractivity contribution in [1.82, 2.24) is 16.0 Å². The van der Waals surface area contributed by atoms with E-state index in [0.717, 1.165) is 84.2 Å². The Balaban J connectivity index is 1.14. The molecule has 0 aromatic heterocycles. The second-order valence-corrected chi connectivity index (χ2v) is 15.0. The highest BCUT2D eigenvalue weighted by atomic mass is 16.3. The van der Waals surface area contributed by atoms with Gasteiger partial charge in [0.15, 0.2) is 0 Å². The van der Waals surface area contributed by atoms with E-state index in [1.807, 2.05) is 0 Å². The van der Waals surface area contributed by atoms with Crippen molar-refractivity contribution in [3.63, 3.8) is 0 Å². The Morgan fingerprint density at radius 1 is 0.854 bits per heavy atom. The van der Waals surface area contributed by atoms with Crippen LogP contribution in [0.15, 0.2) is 0 Å². The zero-order valence-corrected chi connectivity index (χ0v) is 26.6. The SMILES string of the molecule is C[C@H](CCC(=O)NCCCNCCCCNCCCN)[C@H]1CCC2C3C(CC[C@@]21C)[C@@]1(C)CC[C@@H](O)C[C@H]1C[C@H]3O. The number of carbonyl (C=O) groups excluding carboxylic acids is 1. The fourth-order valence-electron chi connectivity index (χ4n) is 10.2. The molecule has 0 aliphatic heterocycles. The van der Waals surface area contributed by atoms with Gasteiger partial charge in [0.25, 0.3) is 0 Å². The van der Waals surface area contributed by atoms with Crippen molar-refractivity contribution in [2.24, 2.45) is 52.1 Å². The molecule has 4 rings (SSSR count). The number of nitrogens with one attached hydrogen (secondary N) is 3. The summed E-state index contributed by atoms with van der Waals surface area (Å²) in [7, 11) is 0. The van der Waals surface area contributed by atoms with Crippen molar-refractivity contribution in [2.75, 3.05) is 39.3 Å². The number of amides is 1. The first-order valence-electron chi connectivity index (χ1n) is 17.4. The topological polar surface area (TPSA) is 120 Å². The maximum Gasteiger partial charge on any atom is 0.220 e. The van der Waals surface area contributed by atoms with E-state index in [2.05, 4.69) is 36.7 Å². The van der Waals surface area contributed by atoms with Gasteiger partial charge in [0, 0.05) is 13.0 Å². The molecule has 0 saturated heterocycles. The minimum absolute atomic E-state index is 0.175. The van der Waals surface area contributed by atoms with Gasteiger partial charge in [0.2, 0.25) is 5.91 Å². The van der Waals surface area contributed by atoms with Crippen LogP contribution in [0, 0.1) is 46.3 Å². The van der Waals surface area contributed by atoms with E-state index in [1.54, 1.807) is 0 Å². The molecule has 238 valence electrons. The Bertz CT molecular complexity index is 813. The number of fused-ring (bicyclic) bond motifs is 5. The van der Waals surface area contributed by atoms with Crippen LogP contribution in [0.3, 0.4) is 0 Å². The van der Waals surface area contributed by atoms with Gasteiger partial charge in [-0.2, -0.15) is 0 Å². The predicted molar refractivity (Wildman–Crippen MR) is 167 cm³/mol.